The number of nitro groups is 1. The minimum Gasteiger partial charge on any atom is -0.457 e. The average molecular weight is 364 g/mol. The van der Waals surface area contributed by atoms with Gasteiger partial charge in [-0.25, -0.2) is 4.79 Å². The van der Waals surface area contributed by atoms with Crippen molar-refractivity contribution in [3.8, 4) is 0 Å². The zero-order valence-corrected chi connectivity index (χ0v) is 13.7. The van der Waals surface area contributed by atoms with Gasteiger partial charge in [0.05, 0.1) is 15.0 Å². The number of carbonyl (C=O) groups is 1. The number of aryl methyl sites for hydroxylation is 2. The third-order valence-electron chi connectivity index (χ3n) is 3.24. The fraction of sp³-hybridized carbons (Fsp3) is 0.188. The highest BCUT2D eigenvalue weighted by Gasteiger charge is 2.17. The van der Waals surface area contributed by atoms with Gasteiger partial charge in [-0.2, -0.15) is 0 Å². The van der Waals surface area contributed by atoms with Crippen LogP contribution in [0.1, 0.15) is 27.0 Å². The van der Waals surface area contributed by atoms with E-state index in [4.69, 9.17) is 4.74 Å². The van der Waals surface area contributed by atoms with Crippen molar-refractivity contribution < 1.29 is 14.5 Å². The van der Waals surface area contributed by atoms with E-state index in [1.54, 1.807) is 0 Å². The summed E-state index contributed by atoms with van der Waals surface area (Å²) >= 11 is 3.08. The van der Waals surface area contributed by atoms with Crippen molar-refractivity contribution in [2.75, 3.05) is 0 Å². The van der Waals surface area contributed by atoms with E-state index in [-0.39, 0.29) is 17.9 Å². The molecule has 2 aromatic rings. The van der Waals surface area contributed by atoms with Crippen LogP contribution >= 0.6 is 15.9 Å². The number of hydrogen-bond acceptors (Lipinski definition) is 4. The molecular weight excluding hydrogens is 350 g/mol. The Morgan fingerprint density at radius 3 is 2.64 bits per heavy atom. The van der Waals surface area contributed by atoms with Crippen LogP contribution in [0.3, 0.4) is 0 Å². The molecule has 0 fully saturated rings. The molecule has 0 aliphatic carbocycles. The Morgan fingerprint density at radius 2 is 1.95 bits per heavy atom. The lowest BCUT2D eigenvalue weighted by Gasteiger charge is -2.09. The molecule has 5 nitrogen and oxygen atoms in total. The Balaban J connectivity index is 2.14. The van der Waals surface area contributed by atoms with Gasteiger partial charge in [0, 0.05) is 6.07 Å². The van der Waals surface area contributed by atoms with Crippen LogP contribution in [-0.4, -0.2) is 10.9 Å². The fourth-order valence-electron chi connectivity index (χ4n) is 1.96. The molecule has 0 saturated carbocycles. The lowest BCUT2D eigenvalue weighted by atomic mass is 10.1. The Morgan fingerprint density at radius 1 is 1.23 bits per heavy atom. The summed E-state index contributed by atoms with van der Waals surface area (Å²) in [6, 6.07) is 10.1. The molecule has 0 aliphatic rings. The average Bonchev–Trinajstić information content (AvgIpc) is 2.48. The van der Waals surface area contributed by atoms with Gasteiger partial charge >= 0.3 is 5.97 Å². The first-order chi connectivity index (χ1) is 10.4. The zero-order valence-electron chi connectivity index (χ0n) is 12.1. The van der Waals surface area contributed by atoms with Gasteiger partial charge in [-0.15, -0.1) is 0 Å². The van der Waals surface area contributed by atoms with E-state index in [1.165, 1.54) is 18.2 Å². The Hall–Kier alpha value is -2.21. The monoisotopic (exact) mass is 363 g/mol. The van der Waals surface area contributed by atoms with Gasteiger partial charge in [0.25, 0.3) is 5.69 Å². The first-order valence-electron chi connectivity index (χ1n) is 6.55. The number of rotatable bonds is 4. The summed E-state index contributed by atoms with van der Waals surface area (Å²) in [6.07, 6.45) is 0. The number of benzene rings is 2. The predicted octanol–water partition coefficient (Wildman–Crippen LogP) is 4.33. The summed E-state index contributed by atoms with van der Waals surface area (Å²) in [5.74, 6) is -0.587. The zero-order chi connectivity index (χ0) is 16.3. The molecule has 0 unspecified atom stereocenters. The lowest BCUT2D eigenvalue weighted by Crippen LogP contribution is -2.07. The summed E-state index contributed by atoms with van der Waals surface area (Å²) in [4.78, 5) is 22.4. The summed E-state index contributed by atoms with van der Waals surface area (Å²) in [6.45, 7) is 4.03. The largest absolute Gasteiger partial charge is 0.457 e. The molecule has 2 aromatic carbocycles. The van der Waals surface area contributed by atoms with Crippen LogP contribution < -0.4 is 0 Å². The van der Waals surface area contributed by atoms with Crippen LogP contribution in [0.5, 0.6) is 0 Å². The van der Waals surface area contributed by atoms with Crippen molar-refractivity contribution >= 4 is 27.6 Å². The maximum absolute atomic E-state index is 12.0. The summed E-state index contributed by atoms with van der Waals surface area (Å²) < 4.78 is 5.57. The van der Waals surface area contributed by atoms with E-state index in [0.717, 1.165) is 16.7 Å². The van der Waals surface area contributed by atoms with Crippen molar-refractivity contribution in [1.82, 2.24) is 0 Å². The van der Waals surface area contributed by atoms with Gasteiger partial charge in [-0.3, -0.25) is 10.1 Å². The number of nitrogens with zero attached hydrogens (tertiary/aromatic N) is 1. The van der Waals surface area contributed by atoms with Crippen LogP contribution in [0, 0.1) is 24.0 Å². The van der Waals surface area contributed by atoms with E-state index in [0.29, 0.717) is 4.47 Å². The van der Waals surface area contributed by atoms with Crippen molar-refractivity contribution in [3.05, 3.63) is 73.2 Å². The highest BCUT2D eigenvalue weighted by molar-refractivity contribution is 9.10. The smallest absolute Gasteiger partial charge is 0.338 e. The topological polar surface area (TPSA) is 69.4 Å². The van der Waals surface area contributed by atoms with Gasteiger partial charge in [0.2, 0.25) is 0 Å². The number of halogens is 1. The van der Waals surface area contributed by atoms with Crippen molar-refractivity contribution in [2.24, 2.45) is 0 Å². The first kappa shape index (κ1) is 16.2. The van der Waals surface area contributed by atoms with Gasteiger partial charge in [0.15, 0.2) is 0 Å². The summed E-state index contributed by atoms with van der Waals surface area (Å²) in [5, 5.41) is 10.9. The molecule has 0 radical (unpaired) electrons. The maximum atomic E-state index is 12.0. The molecule has 0 atom stereocenters. The Labute approximate surface area is 136 Å². The van der Waals surface area contributed by atoms with E-state index < -0.39 is 10.9 Å². The molecule has 0 spiro atoms. The van der Waals surface area contributed by atoms with E-state index in [9.17, 15) is 14.9 Å². The van der Waals surface area contributed by atoms with Gasteiger partial charge in [-0.1, -0.05) is 23.8 Å². The third-order valence-corrected chi connectivity index (χ3v) is 3.91. The molecule has 22 heavy (non-hydrogen) atoms. The number of nitro benzene ring substituents is 1. The Kier molecular flexibility index (Phi) is 4.92. The van der Waals surface area contributed by atoms with Crippen LogP contribution in [0.25, 0.3) is 0 Å². The standard InChI is InChI=1S/C16H14BrNO4/c1-10-3-4-11(2)13(7-10)9-22-16(19)12-5-6-14(17)15(8-12)18(20)21/h3-8H,9H2,1-2H3. The van der Waals surface area contributed by atoms with Crippen molar-refractivity contribution in [2.45, 2.75) is 20.5 Å². The molecular formula is C16H14BrNO4. The van der Waals surface area contributed by atoms with Crippen LogP contribution in [-0.2, 0) is 11.3 Å². The van der Waals surface area contributed by atoms with E-state index >= 15 is 0 Å². The molecule has 0 aliphatic heterocycles. The molecule has 2 rings (SSSR count). The van der Waals surface area contributed by atoms with Gasteiger partial charge in [0.1, 0.15) is 6.61 Å². The minimum absolute atomic E-state index is 0.135. The van der Waals surface area contributed by atoms with Crippen LogP contribution in [0.4, 0.5) is 5.69 Å². The quantitative estimate of drug-likeness (QED) is 0.460. The Bertz CT molecular complexity index is 743. The summed E-state index contributed by atoms with van der Waals surface area (Å²) in [7, 11) is 0. The van der Waals surface area contributed by atoms with Gasteiger partial charge < -0.3 is 4.74 Å². The second-order valence-corrected chi connectivity index (χ2v) is 5.78. The molecule has 114 valence electrons. The van der Waals surface area contributed by atoms with E-state index in [2.05, 4.69) is 15.9 Å². The summed E-state index contributed by atoms with van der Waals surface area (Å²) in [5.41, 5.74) is 3.01. The van der Waals surface area contributed by atoms with Crippen LogP contribution in [0.15, 0.2) is 40.9 Å². The SMILES string of the molecule is Cc1ccc(C)c(COC(=O)c2ccc(Br)c([N+](=O)[O-])c2)c1. The molecule has 0 aromatic heterocycles. The molecule has 0 heterocycles. The fourth-order valence-corrected chi connectivity index (χ4v) is 2.35. The number of ether oxygens (including phenoxy) is 1. The number of carbonyl (C=O) groups excluding carboxylic acids is 1. The molecule has 0 saturated heterocycles. The van der Waals surface area contributed by atoms with E-state index in [1.807, 2.05) is 32.0 Å². The predicted molar refractivity (Wildman–Crippen MR) is 85.8 cm³/mol. The second-order valence-electron chi connectivity index (χ2n) is 4.93. The molecule has 6 heteroatoms. The first-order valence-corrected chi connectivity index (χ1v) is 7.35. The molecule has 0 N–H and O–H groups in total. The minimum atomic E-state index is -0.587. The highest BCUT2D eigenvalue weighted by atomic mass is 79.9. The second kappa shape index (κ2) is 6.70. The number of esters is 1. The third kappa shape index (κ3) is 3.71. The van der Waals surface area contributed by atoms with Crippen molar-refractivity contribution in [1.29, 1.82) is 0 Å². The lowest BCUT2D eigenvalue weighted by molar-refractivity contribution is -0.385. The molecule has 0 bridgehead atoms. The number of hydrogen-bond donors (Lipinski definition) is 0. The van der Waals surface area contributed by atoms with Crippen LogP contribution in [0.2, 0.25) is 0 Å². The van der Waals surface area contributed by atoms with Crippen molar-refractivity contribution in [3.63, 3.8) is 0 Å². The normalized spacial score (nSPS) is 10.3. The maximum Gasteiger partial charge on any atom is 0.338 e. The highest BCUT2D eigenvalue weighted by Crippen LogP contribution is 2.26. The van der Waals surface area contributed by atoms with Gasteiger partial charge in [-0.05, 0) is 53.0 Å². The molecule has 0 amide bonds.